The van der Waals surface area contributed by atoms with Gasteiger partial charge in [0.1, 0.15) is 24.1 Å². The third-order valence-electron chi connectivity index (χ3n) is 6.60. The molecule has 5 rings (SSSR count). The van der Waals surface area contributed by atoms with Crippen LogP contribution in [0.3, 0.4) is 0 Å². The minimum absolute atomic E-state index is 0.0140. The van der Waals surface area contributed by atoms with Crippen molar-refractivity contribution < 1.29 is 38.3 Å². The number of carbonyl (C=O) groups excluding carboxylic acids is 1. The quantitative estimate of drug-likeness (QED) is 0.166. The molecule has 0 spiro atoms. The van der Waals surface area contributed by atoms with Crippen LogP contribution in [0.5, 0.6) is 11.6 Å². The Hall–Kier alpha value is -3.94. The number of nitrogens with two attached hydrogens (primary N) is 2. The number of benzene rings is 2. The maximum Gasteiger partial charge on any atom is 0.327 e. The number of aromatic nitrogens is 4. The summed E-state index contributed by atoms with van der Waals surface area (Å²) in [5.41, 5.74) is 11.9. The molecule has 3 heterocycles. The number of methoxy groups -OCH3 is 1. The number of aromatic hydroxyl groups is 1. The fourth-order valence-electron chi connectivity index (χ4n) is 4.28. The Kier molecular flexibility index (Phi) is 12.5. The second-order valence-electron chi connectivity index (χ2n) is 11.7. The van der Waals surface area contributed by atoms with Gasteiger partial charge in [-0.1, -0.05) is 58.0 Å². The van der Waals surface area contributed by atoms with E-state index in [1.54, 1.807) is 23.6 Å². The van der Waals surface area contributed by atoms with Gasteiger partial charge in [0.15, 0.2) is 11.2 Å². The van der Waals surface area contributed by atoms with Crippen LogP contribution in [0.1, 0.15) is 40.8 Å². The SMILES string of the molecule is COc1nc(N)nc2c1ncn2C1OC(COP=O)[C@@H](O)C1C.C[C@@H](N)C(=O)OCC(C)(C)C.Oc1ccc2ccccc2c1. The molecule has 6 N–H and O–H groups in total. The van der Waals surface area contributed by atoms with Gasteiger partial charge in [0.25, 0.3) is 0 Å². The Balaban J connectivity index is 0.000000210. The maximum atomic E-state index is 10.8. The molecule has 1 aliphatic heterocycles. The first-order chi connectivity index (χ1) is 21.2. The summed E-state index contributed by atoms with van der Waals surface area (Å²) in [6.07, 6.45) is -0.370. The number of aliphatic hydroxyl groups excluding tert-OH is 1. The van der Waals surface area contributed by atoms with Gasteiger partial charge >= 0.3 is 14.7 Å². The smallest absolute Gasteiger partial charge is 0.327 e. The monoisotopic (exact) mass is 644 g/mol. The molecule has 2 aromatic heterocycles. The van der Waals surface area contributed by atoms with E-state index in [2.05, 4.69) is 15.0 Å². The van der Waals surface area contributed by atoms with Crippen LogP contribution in [-0.4, -0.2) is 74.3 Å². The highest BCUT2D eigenvalue weighted by Crippen LogP contribution is 2.37. The second-order valence-corrected chi connectivity index (χ2v) is 12.1. The van der Waals surface area contributed by atoms with Gasteiger partial charge in [0.2, 0.25) is 11.8 Å². The summed E-state index contributed by atoms with van der Waals surface area (Å²) in [6.45, 7) is 9.89. The number of carbonyl (C=O) groups is 1. The first kappa shape index (κ1) is 35.5. The van der Waals surface area contributed by atoms with Gasteiger partial charge in [-0.3, -0.25) is 13.9 Å². The molecule has 0 amide bonds. The van der Waals surface area contributed by atoms with E-state index in [-0.39, 0.29) is 35.7 Å². The van der Waals surface area contributed by atoms with Gasteiger partial charge in [0.05, 0.1) is 32.8 Å². The predicted octanol–water partition coefficient (Wildman–Crippen LogP) is 4.00. The van der Waals surface area contributed by atoms with Gasteiger partial charge in [0, 0.05) is 5.92 Å². The third kappa shape index (κ3) is 9.77. The lowest BCUT2D eigenvalue weighted by Crippen LogP contribution is -2.31. The molecule has 2 aromatic carbocycles. The Morgan fingerprint density at radius 1 is 1.18 bits per heavy atom. The summed E-state index contributed by atoms with van der Waals surface area (Å²) >= 11 is 0. The third-order valence-corrected chi connectivity index (χ3v) is 6.86. The lowest BCUT2D eigenvalue weighted by Gasteiger charge is -2.18. The van der Waals surface area contributed by atoms with Gasteiger partial charge in [-0.15, -0.1) is 0 Å². The minimum Gasteiger partial charge on any atom is -0.508 e. The van der Waals surface area contributed by atoms with Crippen molar-refractivity contribution in [1.29, 1.82) is 0 Å². The fourth-order valence-corrected chi connectivity index (χ4v) is 4.49. The zero-order chi connectivity index (χ0) is 33.3. The van der Waals surface area contributed by atoms with E-state index in [4.69, 9.17) is 35.3 Å². The van der Waals surface area contributed by atoms with Crippen LogP contribution in [0, 0.1) is 11.3 Å². The van der Waals surface area contributed by atoms with Crippen molar-refractivity contribution in [3.05, 3.63) is 48.8 Å². The molecule has 0 radical (unpaired) electrons. The van der Waals surface area contributed by atoms with Crippen LogP contribution < -0.4 is 16.2 Å². The average Bonchev–Trinajstić information content (AvgIpc) is 3.54. The van der Waals surface area contributed by atoms with Crippen molar-refractivity contribution in [2.45, 2.75) is 59.1 Å². The Labute approximate surface area is 263 Å². The zero-order valence-electron chi connectivity index (χ0n) is 26.2. The highest BCUT2D eigenvalue weighted by atomic mass is 31.1. The molecule has 15 heteroatoms. The van der Waals surface area contributed by atoms with Crippen LogP contribution >= 0.6 is 8.69 Å². The zero-order valence-corrected chi connectivity index (χ0v) is 27.0. The van der Waals surface area contributed by atoms with Crippen molar-refractivity contribution in [3.63, 3.8) is 0 Å². The van der Waals surface area contributed by atoms with E-state index in [9.17, 15) is 14.5 Å². The summed E-state index contributed by atoms with van der Waals surface area (Å²) < 4.78 is 32.7. The van der Waals surface area contributed by atoms with E-state index in [1.807, 2.05) is 58.0 Å². The number of hydrogen-bond donors (Lipinski definition) is 4. The number of nitrogen functional groups attached to an aromatic ring is 1. The average molecular weight is 645 g/mol. The van der Waals surface area contributed by atoms with Crippen LogP contribution in [-0.2, 0) is 23.4 Å². The first-order valence-electron chi connectivity index (χ1n) is 14.2. The van der Waals surface area contributed by atoms with Gasteiger partial charge in [-0.05, 0) is 35.2 Å². The summed E-state index contributed by atoms with van der Waals surface area (Å²) in [5, 5.41) is 21.6. The largest absolute Gasteiger partial charge is 0.508 e. The minimum atomic E-state index is -0.778. The van der Waals surface area contributed by atoms with Gasteiger partial charge < -0.3 is 35.9 Å². The summed E-state index contributed by atoms with van der Waals surface area (Å²) in [6, 6.07) is 12.8. The summed E-state index contributed by atoms with van der Waals surface area (Å²) in [7, 11) is 1.01. The number of imidazole rings is 1. The Bertz CT molecular complexity index is 1580. The standard InChI is InChI=1S/C12H16N5O5P.C10H8O.C8H17NO2/c1-5-8(18)6(3-21-23-19)22-11(5)17-4-14-7-9(17)15-12(13)16-10(7)20-2;11-10-6-5-8-3-1-2-4-9(8)7-10;1-6(9)7(10)11-5-8(2,3)4/h4-6,8,11,18H,3H2,1-2H3,(H2,13,15,16);1-7,11H;6H,5,9H2,1-4H3/t5?,6?,8-,11?;;6-/m0.1/s1. The Morgan fingerprint density at radius 3 is 2.49 bits per heavy atom. The predicted molar refractivity (Wildman–Crippen MR) is 169 cm³/mol. The van der Waals surface area contributed by atoms with Crippen molar-refractivity contribution in [2.24, 2.45) is 17.1 Å². The Morgan fingerprint density at radius 2 is 1.87 bits per heavy atom. The molecule has 5 atom stereocenters. The fraction of sp³-hybridized carbons (Fsp3) is 0.467. The number of aliphatic hydroxyl groups is 1. The van der Waals surface area contributed by atoms with Crippen LogP contribution in [0.4, 0.5) is 5.95 Å². The lowest BCUT2D eigenvalue weighted by atomic mass is 9.99. The molecule has 0 bridgehead atoms. The molecule has 0 saturated carbocycles. The molecule has 244 valence electrons. The molecule has 14 nitrogen and oxygen atoms in total. The van der Waals surface area contributed by atoms with E-state index >= 15 is 0 Å². The number of ether oxygens (including phenoxy) is 3. The van der Waals surface area contributed by atoms with Crippen molar-refractivity contribution in [1.82, 2.24) is 19.5 Å². The number of rotatable bonds is 7. The second kappa shape index (κ2) is 15.9. The molecule has 45 heavy (non-hydrogen) atoms. The van der Waals surface area contributed by atoms with Crippen molar-refractivity contribution >= 4 is 42.5 Å². The van der Waals surface area contributed by atoms with E-state index in [0.717, 1.165) is 10.8 Å². The number of fused-ring (bicyclic) bond motifs is 2. The highest BCUT2D eigenvalue weighted by molar-refractivity contribution is 7.17. The molecule has 1 aliphatic rings. The van der Waals surface area contributed by atoms with E-state index in [1.165, 1.54) is 13.4 Å². The van der Waals surface area contributed by atoms with Crippen LogP contribution in [0.2, 0.25) is 0 Å². The van der Waals surface area contributed by atoms with E-state index < -0.39 is 33.2 Å². The molecule has 3 unspecified atom stereocenters. The lowest BCUT2D eigenvalue weighted by molar-refractivity contribution is -0.147. The first-order valence-corrected chi connectivity index (χ1v) is 14.9. The normalized spacial score (nSPS) is 20.2. The number of nitrogens with zero attached hydrogens (tertiary/aromatic N) is 4. The van der Waals surface area contributed by atoms with Crippen molar-refractivity contribution in [2.75, 3.05) is 26.1 Å². The molecule has 1 fully saturated rings. The summed E-state index contributed by atoms with van der Waals surface area (Å²) in [4.78, 5) is 23.2. The van der Waals surface area contributed by atoms with E-state index in [0.29, 0.717) is 23.5 Å². The molecule has 4 aromatic rings. The van der Waals surface area contributed by atoms with Crippen LogP contribution in [0.25, 0.3) is 21.9 Å². The number of phenols is 1. The highest BCUT2D eigenvalue weighted by Gasteiger charge is 2.42. The van der Waals surface area contributed by atoms with Crippen LogP contribution in [0.15, 0.2) is 48.8 Å². The van der Waals surface area contributed by atoms with Gasteiger partial charge in [-0.25, -0.2) is 9.55 Å². The number of esters is 1. The summed E-state index contributed by atoms with van der Waals surface area (Å²) in [5.74, 6) is 0.0463. The number of phenolic OH excluding ortho intramolecular Hbond substituents is 1. The molecule has 0 aliphatic carbocycles. The van der Waals surface area contributed by atoms with Gasteiger partial charge in [-0.2, -0.15) is 9.97 Å². The number of hydrogen-bond acceptors (Lipinski definition) is 13. The molecular weight excluding hydrogens is 603 g/mol. The number of anilines is 1. The van der Waals surface area contributed by atoms with Crippen molar-refractivity contribution in [3.8, 4) is 11.6 Å². The molecular formula is C30H41N6O8P. The topological polar surface area (TPSA) is 207 Å². The molecule has 1 saturated heterocycles. The maximum absolute atomic E-state index is 10.8.